The Hall–Kier alpha value is -1.60. The molecule has 0 aliphatic carbocycles. The average Bonchev–Trinajstić information content (AvgIpc) is 3.00. The van der Waals surface area contributed by atoms with E-state index in [9.17, 15) is 4.79 Å². The number of hydrogen-bond acceptors (Lipinski definition) is 5. The van der Waals surface area contributed by atoms with Crippen LogP contribution in [0.3, 0.4) is 0 Å². The Balaban J connectivity index is 1.63. The van der Waals surface area contributed by atoms with Crippen molar-refractivity contribution in [3.05, 3.63) is 68.7 Å². The first kappa shape index (κ1) is 19.2. The van der Waals surface area contributed by atoms with Gasteiger partial charge in [-0.05, 0) is 43.7 Å². The van der Waals surface area contributed by atoms with Gasteiger partial charge >= 0.3 is 0 Å². The normalized spacial score (nSPS) is 10.8. The van der Waals surface area contributed by atoms with Crippen LogP contribution in [-0.4, -0.2) is 16.1 Å². The van der Waals surface area contributed by atoms with Gasteiger partial charge in [0.2, 0.25) is 5.13 Å². The largest absolute Gasteiger partial charge is 0.296 e. The maximum absolute atomic E-state index is 12.4. The Labute approximate surface area is 169 Å². The van der Waals surface area contributed by atoms with E-state index < -0.39 is 0 Å². The maximum atomic E-state index is 12.4. The Morgan fingerprint density at radius 2 is 1.85 bits per heavy atom. The molecule has 4 nitrogen and oxygen atoms in total. The van der Waals surface area contributed by atoms with E-state index in [-0.39, 0.29) is 5.91 Å². The number of thioether (sulfide) groups is 1. The number of rotatable bonds is 5. The van der Waals surface area contributed by atoms with Gasteiger partial charge in [-0.2, -0.15) is 0 Å². The predicted molar refractivity (Wildman–Crippen MR) is 110 cm³/mol. The number of halogens is 2. The molecule has 1 aromatic heterocycles. The predicted octanol–water partition coefficient (Wildman–Crippen LogP) is 6.01. The molecule has 134 valence electrons. The van der Waals surface area contributed by atoms with E-state index in [1.54, 1.807) is 12.1 Å². The van der Waals surface area contributed by atoms with Crippen LogP contribution in [0.2, 0.25) is 10.0 Å². The van der Waals surface area contributed by atoms with Gasteiger partial charge in [0.25, 0.3) is 5.91 Å². The topological polar surface area (TPSA) is 54.9 Å². The Morgan fingerprint density at radius 1 is 1.12 bits per heavy atom. The molecule has 0 aliphatic rings. The molecule has 0 saturated heterocycles. The van der Waals surface area contributed by atoms with Crippen LogP contribution in [0.5, 0.6) is 0 Å². The third-order valence-electron chi connectivity index (χ3n) is 3.48. The molecule has 8 heteroatoms. The van der Waals surface area contributed by atoms with E-state index >= 15 is 0 Å². The van der Waals surface area contributed by atoms with Gasteiger partial charge in [-0.25, -0.2) is 0 Å². The standard InChI is InChI=1S/C18H15Cl2N3OS2/c1-10-5-11(2)7-13(6-10)16(24)21-17-22-23-18(26-17)25-9-12-3-4-14(19)8-15(12)20/h3-8H,9H2,1-2H3,(H,21,22,24). The fourth-order valence-electron chi connectivity index (χ4n) is 2.37. The molecule has 1 N–H and O–H groups in total. The summed E-state index contributed by atoms with van der Waals surface area (Å²) in [7, 11) is 0. The van der Waals surface area contributed by atoms with Gasteiger partial charge in [0.05, 0.1) is 0 Å². The van der Waals surface area contributed by atoms with Crippen LogP contribution < -0.4 is 5.32 Å². The molecule has 3 aromatic rings. The third-order valence-corrected chi connectivity index (χ3v) is 6.08. The second kappa shape index (κ2) is 8.39. The van der Waals surface area contributed by atoms with Crippen LogP contribution in [0.1, 0.15) is 27.0 Å². The molecule has 3 rings (SSSR count). The molecule has 0 spiro atoms. The molecule has 26 heavy (non-hydrogen) atoms. The average molecular weight is 424 g/mol. The Morgan fingerprint density at radius 3 is 2.54 bits per heavy atom. The molecule has 1 amide bonds. The summed E-state index contributed by atoms with van der Waals surface area (Å²) in [5.41, 5.74) is 3.67. The highest BCUT2D eigenvalue weighted by atomic mass is 35.5. The van der Waals surface area contributed by atoms with Crippen molar-refractivity contribution in [2.75, 3.05) is 5.32 Å². The first-order valence-electron chi connectivity index (χ1n) is 7.70. The summed E-state index contributed by atoms with van der Waals surface area (Å²) in [6.07, 6.45) is 0. The SMILES string of the molecule is Cc1cc(C)cc(C(=O)Nc2nnc(SCc3ccc(Cl)cc3Cl)s2)c1. The number of hydrogen-bond donors (Lipinski definition) is 1. The number of aryl methyl sites for hydroxylation is 2. The second-order valence-corrected chi connectivity index (χ2v) is 8.77. The molecule has 0 radical (unpaired) electrons. The zero-order chi connectivity index (χ0) is 18.7. The van der Waals surface area contributed by atoms with Crippen LogP contribution in [0.4, 0.5) is 5.13 Å². The Bertz CT molecular complexity index is 939. The molecular weight excluding hydrogens is 409 g/mol. The van der Waals surface area contributed by atoms with Crippen LogP contribution in [-0.2, 0) is 5.75 Å². The highest BCUT2D eigenvalue weighted by Gasteiger charge is 2.12. The summed E-state index contributed by atoms with van der Waals surface area (Å²) in [4.78, 5) is 12.4. The summed E-state index contributed by atoms with van der Waals surface area (Å²) in [6, 6.07) is 11.1. The zero-order valence-electron chi connectivity index (χ0n) is 14.0. The van der Waals surface area contributed by atoms with E-state index in [1.165, 1.54) is 23.1 Å². The van der Waals surface area contributed by atoms with E-state index in [2.05, 4.69) is 15.5 Å². The number of carbonyl (C=O) groups excluding carboxylic acids is 1. The van der Waals surface area contributed by atoms with Crippen LogP contribution in [0.25, 0.3) is 0 Å². The number of aromatic nitrogens is 2. The molecule has 0 bridgehead atoms. The lowest BCUT2D eigenvalue weighted by Crippen LogP contribution is -2.12. The molecule has 0 saturated carbocycles. The summed E-state index contributed by atoms with van der Waals surface area (Å²) in [5, 5.41) is 12.6. The van der Waals surface area contributed by atoms with Gasteiger partial charge in [-0.3, -0.25) is 10.1 Å². The minimum Gasteiger partial charge on any atom is -0.296 e. The zero-order valence-corrected chi connectivity index (χ0v) is 17.2. The smallest absolute Gasteiger partial charge is 0.257 e. The number of benzene rings is 2. The van der Waals surface area contributed by atoms with E-state index in [4.69, 9.17) is 23.2 Å². The van der Waals surface area contributed by atoms with Gasteiger partial charge in [0.1, 0.15) is 0 Å². The first-order chi connectivity index (χ1) is 12.4. The lowest BCUT2D eigenvalue weighted by Gasteiger charge is -2.04. The van der Waals surface area contributed by atoms with Gasteiger partial charge in [-0.15, -0.1) is 10.2 Å². The van der Waals surface area contributed by atoms with Crippen molar-refractivity contribution in [2.45, 2.75) is 23.9 Å². The van der Waals surface area contributed by atoms with Crippen molar-refractivity contribution in [3.63, 3.8) is 0 Å². The van der Waals surface area contributed by atoms with Crippen LogP contribution in [0.15, 0.2) is 40.7 Å². The van der Waals surface area contributed by atoms with Crippen molar-refractivity contribution in [3.8, 4) is 0 Å². The summed E-state index contributed by atoms with van der Waals surface area (Å²) in [5.74, 6) is 0.459. The molecule has 2 aromatic carbocycles. The van der Waals surface area contributed by atoms with E-state index in [0.717, 1.165) is 21.0 Å². The highest BCUT2D eigenvalue weighted by molar-refractivity contribution is 8.00. The lowest BCUT2D eigenvalue weighted by molar-refractivity contribution is 0.102. The van der Waals surface area contributed by atoms with Crippen molar-refractivity contribution in [1.29, 1.82) is 0 Å². The van der Waals surface area contributed by atoms with Gasteiger partial charge < -0.3 is 0 Å². The molecule has 1 heterocycles. The van der Waals surface area contributed by atoms with Crippen molar-refractivity contribution >= 4 is 57.3 Å². The molecule has 0 aliphatic heterocycles. The van der Waals surface area contributed by atoms with E-state index in [1.807, 2.05) is 38.1 Å². The molecule has 0 fully saturated rings. The minimum absolute atomic E-state index is 0.190. The summed E-state index contributed by atoms with van der Waals surface area (Å²) < 4.78 is 0.756. The minimum atomic E-state index is -0.190. The lowest BCUT2D eigenvalue weighted by atomic mass is 10.1. The molecule has 0 unspecified atom stereocenters. The number of amides is 1. The highest BCUT2D eigenvalue weighted by Crippen LogP contribution is 2.31. The van der Waals surface area contributed by atoms with Crippen LogP contribution in [0, 0.1) is 13.8 Å². The number of nitrogens with zero attached hydrogens (tertiary/aromatic N) is 2. The van der Waals surface area contributed by atoms with Crippen molar-refractivity contribution < 1.29 is 4.79 Å². The van der Waals surface area contributed by atoms with Crippen molar-refractivity contribution in [1.82, 2.24) is 10.2 Å². The molecule has 0 atom stereocenters. The monoisotopic (exact) mass is 423 g/mol. The van der Waals surface area contributed by atoms with Crippen molar-refractivity contribution in [2.24, 2.45) is 0 Å². The number of carbonyl (C=O) groups is 1. The molecular formula is C18H15Cl2N3OS2. The fourth-order valence-corrected chi connectivity index (χ4v) is 4.68. The number of anilines is 1. The summed E-state index contributed by atoms with van der Waals surface area (Å²) >= 11 is 14.9. The summed E-state index contributed by atoms with van der Waals surface area (Å²) in [6.45, 7) is 3.93. The quantitative estimate of drug-likeness (QED) is 0.403. The third kappa shape index (κ3) is 4.98. The van der Waals surface area contributed by atoms with Gasteiger partial charge in [-0.1, -0.05) is 69.6 Å². The van der Waals surface area contributed by atoms with E-state index in [0.29, 0.717) is 26.5 Å². The number of nitrogens with one attached hydrogen (secondary N) is 1. The maximum Gasteiger partial charge on any atom is 0.257 e. The first-order valence-corrected chi connectivity index (χ1v) is 10.3. The van der Waals surface area contributed by atoms with Gasteiger partial charge in [0.15, 0.2) is 4.34 Å². The second-order valence-electron chi connectivity index (χ2n) is 5.73. The fraction of sp³-hybridized carbons (Fsp3) is 0.167. The van der Waals surface area contributed by atoms with Gasteiger partial charge in [0, 0.05) is 21.4 Å². The Kier molecular flexibility index (Phi) is 6.19. The van der Waals surface area contributed by atoms with Crippen LogP contribution >= 0.6 is 46.3 Å².